The van der Waals surface area contributed by atoms with Crippen molar-refractivity contribution < 1.29 is 9.15 Å². The quantitative estimate of drug-likeness (QED) is 0.855. The van der Waals surface area contributed by atoms with E-state index < -0.39 is 0 Å². The summed E-state index contributed by atoms with van der Waals surface area (Å²) in [5.41, 5.74) is 1.03. The van der Waals surface area contributed by atoms with Crippen molar-refractivity contribution in [3.8, 4) is 17.1 Å². The Labute approximate surface area is 95.0 Å². The summed E-state index contributed by atoms with van der Waals surface area (Å²) in [5, 5.41) is 3.05. The molecule has 1 aromatic carbocycles. The van der Waals surface area contributed by atoms with Crippen LogP contribution in [-0.4, -0.2) is 14.2 Å². The van der Waals surface area contributed by atoms with Crippen LogP contribution in [0.5, 0.6) is 5.75 Å². The molecule has 0 aliphatic carbocycles. The Balaban J connectivity index is 2.27. The van der Waals surface area contributed by atoms with Gasteiger partial charge in [-0.25, -0.2) is 0 Å². The van der Waals surface area contributed by atoms with E-state index in [4.69, 9.17) is 9.15 Å². The zero-order valence-electron chi connectivity index (χ0n) is 9.49. The minimum atomic E-state index is 0.740. The van der Waals surface area contributed by atoms with Crippen molar-refractivity contribution in [1.29, 1.82) is 0 Å². The third kappa shape index (κ3) is 2.25. The molecule has 0 saturated heterocycles. The monoisotopic (exact) mass is 217 g/mol. The smallest absolute Gasteiger partial charge is 0.134 e. The highest BCUT2D eigenvalue weighted by Crippen LogP contribution is 2.25. The van der Waals surface area contributed by atoms with Crippen LogP contribution in [0.1, 0.15) is 5.76 Å². The molecule has 0 spiro atoms. The van der Waals surface area contributed by atoms with Gasteiger partial charge in [-0.3, -0.25) is 0 Å². The van der Waals surface area contributed by atoms with Gasteiger partial charge < -0.3 is 14.5 Å². The van der Waals surface area contributed by atoms with Crippen LogP contribution < -0.4 is 10.1 Å². The van der Waals surface area contributed by atoms with Crippen LogP contribution >= 0.6 is 0 Å². The molecule has 3 nitrogen and oxygen atoms in total. The van der Waals surface area contributed by atoms with Gasteiger partial charge in [0, 0.05) is 5.56 Å². The maximum atomic E-state index is 5.69. The summed E-state index contributed by atoms with van der Waals surface area (Å²) in [7, 11) is 3.56. The molecule has 0 amide bonds. The number of methoxy groups -OCH3 is 1. The van der Waals surface area contributed by atoms with E-state index in [1.165, 1.54) is 0 Å². The van der Waals surface area contributed by atoms with Gasteiger partial charge in [-0.05, 0) is 31.3 Å². The highest BCUT2D eigenvalue weighted by molar-refractivity contribution is 5.59. The van der Waals surface area contributed by atoms with Crippen molar-refractivity contribution >= 4 is 0 Å². The van der Waals surface area contributed by atoms with E-state index in [0.29, 0.717) is 0 Å². The van der Waals surface area contributed by atoms with E-state index in [9.17, 15) is 0 Å². The Kier molecular flexibility index (Phi) is 3.27. The molecule has 1 aromatic heterocycles. The molecule has 0 radical (unpaired) electrons. The maximum Gasteiger partial charge on any atom is 0.134 e. The molecule has 16 heavy (non-hydrogen) atoms. The maximum absolute atomic E-state index is 5.69. The molecular formula is C13H15NO2. The van der Waals surface area contributed by atoms with Gasteiger partial charge in [0.1, 0.15) is 17.3 Å². The van der Waals surface area contributed by atoms with Crippen LogP contribution in [0, 0.1) is 0 Å². The first-order chi connectivity index (χ1) is 7.83. The third-order valence-electron chi connectivity index (χ3n) is 2.37. The molecule has 0 saturated carbocycles. The molecular weight excluding hydrogens is 202 g/mol. The average molecular weight is 217 g/mol. The molecule has 0 fully saturated rings. The molecule has 84 valence electrons. The van der Waals surface area contributed by atoms with Gasteiger partial charge in [-0.1, -0.05) is 12.1 Å². The Morgan fingerprint density at radius 2 is 2.12 bits per heavy atom. The van der Waals surface area contributed by atoms with Crippen molar-refractivity contribution in [2.75, 3.05) is 14.2 Å². The number of nitrogens with one attached hydrogen (secondary N) is 1. The third-order valence-corrected chi connectivity index (χ3v) is 2.37. The van der Waals surface area contributed by atoms with Crippen molar-refractivity contribution in [3.05, 3.63) is 42.2 Å². The van der Waals surface area contributed by atoms with Gasteiger partial charge in [0.05, 0.1) is 13.7 Å². The van der Waals surface area contributed by atoms with Gasteiger partial charge in [0.15, 0.2) is 0 Å². The molecule has 2 rings (SSSR count). The van der Waals surface area contributed by atoms with E-state index in [1.54, 1.807) is 7.11 Å². The second kappa shape index (κ2) is 4.86. The SMILES string of the molecule is CNCc1ccc(-c2cccc(OC)c2)o1. The highest BCUT2D eigenvalue weighted by Gasteiger charge is 2.04. The normalized spacial score (nSPS) is 10.4. The molecule has 0 aliphatic rings. The van der Waals surface area contributed by atoms with Gasteiger partial charge >= 0.3 is 0 Å². The van der Waals surface area contributed by atoms with E-state index in [-0.39, 0.29) is 0 Å². The number of hydrogen-bond donors (Lipinski definition) is 1. The first-order valence-corrected chi connectivity index (χ1v) is 5.21. The standard InChI is InChI=1S/C13H15NO2/c1-14-9-12-6-7-13(16-12)10-4-3-5-11(8-10)15-2/h3-8,14H,9H2,1-2H3. The number of benzene rings is 1. The van der Waals surface area contributed by atoms with E-state index in [0.717, 1.165) is 29.4 Å². The molecule has 1 N–H and O–H groups in total. The van der Waals surface area contributed by atoms with Gasteiger partial charge in [-0.15, -0.1) is 0 Å². The molecule has 0 bridgehead atoms. The first-order valence-electron chi connectivity index (χ1n) is 5.21. The lowest BCUT2D eigenvalue weighted by molar-refractivity contribution is 0.414. The molecule has 0 unspecified atom stereocenters. The highest BCUT2D eigenvalue weighted by atomic mass is 16.5. The fourth-order valence-electron chi connectivity index (χ4n) is 1.58. The summed E-state index contributed by atoms with van der Waals surface area (Å²) < 4.78 is 10.9. The predicted octanol–water partition coefficient (Wildman–Crippen LogP) is 2.67. The lowest BCUT2D eigenvalue weighted by Crippen LogP contribution is -2.03. The van der Waals surface area contributed by atoms with Crippen LogP contribution in [-0.2, 0) is 6.54 Å². The summed E-state index contributed by atoms with van der Waals surface area (Å²) in [6, 6.07) is 11.8. The number of furan rings is 1. The Morgan fingerprint density at radius 1 is 1.25 bits per heavy atom. The number of hydrogen-bond acceptors (Lipinski definition) is 3. The van der Waals surface area contributed by atoms with E-state index >= 15 is 0 Å². The van der Waals surface area contributed by atoms with E-state index in [2.05, 4.69) is 5.32 Å². The largest absolute Gasteiger partial charge is 0.497 e. The number of ether oxygens (including phenoxy) is 1. The molecule has 0 aliphatic heterocycles. The van der Waals surface area contributed by atoms with Crippen molar-refractivity contribution in [1.82, 2.24) is 5.32 Å². The fraction of sp³-hybridized carbons (Fsp3) is 0.231. The minimum Gasteiger partial charge on any atom is -0.497 e. The van der Waals surface area contributed by atoms with Crippen molar-refractivity contribution in [2.45, 2.75) is 6.54 Å². The molecule has 3 heteroatoms. The summed E-state index contributed by atoms with van der Waals surface area (Å²) in [6.45, 7) is 0.740. The summed E-state index contributed by atoms with van der Waals surface area (Å²) in [6.07, 6.45) is 0. The lowest BCUT2D eigenvalue weighted by Gasteiger charge is -2.01. The Hall–Kier alpha value is -1.74. The Bertz CT molecular complexity index is 462. The summed E-state index contributed by atoms with van der Waals surface area (Å²) in [4.78, 5) is 0. The van der Waals surface area contributed by atoms with Crippen LogP contribution in [0.15, 0.2) is 40.8 Å². The number of rotatable bonds is 4. The molecule has 0 atom stereocenters. The topological polar surface area (TPSA) is 34.4 Å². The second-order valence-corrected chi connectivity index (χ2v) is 3.53. The first kappa shape index (κ1) is 10.8. The lowest BCUT2D eigenvalue weighted by atomic mass is 10.2. The van der Waals surface area contributed by atoms with Crippen LogP contribution in [0.4, 0.5) is 0 Å². The zero-order valence-corrected chi connectivity index (χ0v) is 9.49. The van der Waals surface area contributed by atoms with Crippen LogP contribution in [0.25, 0.3) is 11.3 Å². The summed E-state index contributed by atoms with van der Waals surface area (Å²) >= 11 is 0. The van der Waals surface area contributed by atoms with Crippen molar-refractivity contribution in [2.24, 2.45) is 0 Å². The second-order valence-electron chi connectivity index (χ2n) is 3.53. The van der Waals surface area contributed by atoms with Gasteiger partial charge in [0.25, 0.3) is 0 Å². The van der Waals surface area contributed by atoms with Crippen LogP contribution in [0.2, 0.25) is 0 Å². The minimum absolute atomic E-state index is 0.740. The Morgan fingerprint density at radius 3 is 2.88 bits per heavy atom. The average Bonchev–Trinajstić information content (AvgIpc) is 2.78. The zero-order chi connectivity index (χ0) is 11.4. The van der Waals surface area contributed by atoms with Crippen molar-refractivity contribution in [3.63, 3.8) is 0 Å². The summed E-state index contributed by atoms with van der Waals surface area (Å²) in [5.74, 6) is 2.63. The predicted molar refractivity (Wildman–Crippen MR) is 63.5 cm³/mol. The van der Waals surface area contributed by atoms with Crippen LogP contribution in [0.3, 0.4) is 0 Å². The van der Waals surface area contributed by atoms with E-state index in [1.807, 2.05) is 43.4 Å². The fourth-order valence-corrected chi connectivity index (χ4v) is 1.58. The van der Waals surface area contributed by atoms with Gasteiger partial charge in [-0.2, -0.15) is 0 Å². The van der Waals surface area contributed by atoms with Gasteiger partial charge in [0.2, 0.25) is 0 Å². The molecule has 2 aromatic rings. The molecule has 1 heterocycles.